The summed E-state index contributed by atoms with van der Waals surface area (Å²) in [5.41, 5.74) is 1.56. The first-order valence-corrected chi connectivity index (χ1v) is 8.32. The van der Waals surface area contributed by atoms with E-state index in [1.807, 2.05) is 0 Å². The van der Waals surface area contributed by atoms with E-state index in [0.29, 0.717) is 33.3 Å². The van der Waals surface area contributed by atoms with Crippen molar-refractivity contribution in [3.05, 3.63) is 70.2 Å². The van der Waals surface area contributed by atoms with E-state index in [4.69, 9.17) is 35.4 Å². The molecule has 1 aromatic heterocycles. The predicted octanol–water partition coefficient (Wildman–Crippen LogP) is 4.58. The maximum Gasteiger partial charge on any atom is 0.248 e. The number of hydrogen-bond acceptors (Lipinski definition) is 3. The van der Waals surface area contributed by atoms with E-state index >= 15 is 0 Å². The Balaban J connectivity index is 1.60. The van der Waals surface area contributed by atoms with Crippen LogP contribution in [0.3, 0.4) is 0 Å². The molecule has 0 amide bonds. The Morgan fingerprint density at radius 3 is 2.44 bits per heavy atom. The molecule has 1 heterocycles. The molecule has 3 rings (SSSR count). The lowest BCUT2D eigenvalue weighted by Crippen LogP contribution is -2.20. The molecule has 0 saturated heterocycles. The lowest BCUT2D eigenvalue weighted by Gasteiger charge is -2.08. The van der Waals surface area contributed by atoms with Crippen LogP contribution in [-0.4, -0.2) is 19.9 Å². The van der Waals surface area contributed by atoms with Crippen LogP contribution in [0.5, 0.6) is 0 Å². The van der Waals surface area contributed by atoms with Gasteiger partial charge in [0.25, 0.3) is 0 Å². The summed E-state index contributed by atoms with van der Waals surface area (Å²) in [6.45, 7) is 0.471. The van der Waals surface area contributed by atoms with Gasteiger partial charge in [-0.25, -0.2) is 14.1 Å². The number of rotatable bonds is 4. The monoisotopic (exact) mass is 395 g/mol. The quantitative estimate of drug-likeness (QED) is 0.633. The van der Waals surface area contributed by atoms with E-state index in [9.17, 15) is 4.39 Å². The third-order valence-corrected chi connectivity index (χ3v) is 3.78. The second-order valence-corrected chi connectivity index (χ2v) is 6.41. The molecule has 5 nitrogen and oxygen atoms in total. The Labute approximate surface area is 158 Å². The van der Waals surface area contributed by atoms with Gasteiger partial charge in [0.05, 0.1) is 6.54 Å². The van der Waals surface area contributed by atoms with Crippen molar-refractivity contribution >= 4 is 52.2 Å². The molecule has 0 aliphatic carbocycles. The van der Waals surface area contributed by atoms with Crippen molar-refractivity contribution in [1.82, 2.24) is 14.8 Å². The van der Waals surface area contributed by atoms with E-state index in [0.717, 1.165) is 5.56 Å². The van der Waals surface area contributed by atoms with Gasteiger partial charge in [-0.3, -0.25) is 5.32 Å². The van der Waals surface area contributed by atoms with Gasteiger partial charge in [0.2, 0.25) is 5.95 Å². The Morgan fingerprint density at radius 2 is 1.76 bits per heavy atom. The zero-order chi connectivity index (χ0) is 17.8. The van der Waals surface area contributed by atoms with Gasteiger partial charge in [-0.1, -0.05) is 35.3 Å². The largest absolute Gasteiger partial charge is 0.332 e. The Hall–Kier alpha value is -2.22. The first-order valence-electron chi connectivity index (χ1n) is 7.16. The summed E-state index contributed by atoms with van der Waals surface area (Å²) in [5.74, 6) is 0.0648. The zero-order valence-corrected chi connectivity index (χ0v) is 15.0. The molecule has 0 aliphatic heterocycles. The van der Waals surface area contributed by atoms with Gasteiger partial charge < -0.3 is 5.32 Å². The molecule has 2 N–H and O–H groups in total. The number of halogens is 3. The molecule has 9 heteroatoms. The molecule has 2 aromatic carbocycles. The van der Waals surface area contributed by atoms with Gasteiger partial charge in [-0.15, -0.1) is 5.10 Å². The number of anilines is 2. The molecule has 25 heavy (non-hydrogen) atoms. The molecule has 0 atom stereocenters. The van der Waals surface area contributed by atoms with Crippen LogP contribution >= 0.6 is 35.4 Å². The number of aromatic nitrogens is 3. The van der Waals surface area contributed by atoms with Crippen LogP contribution in [0.2, 0.25) is 10.0 Å². The highest BCUT2D eigenvalue weighted by Crippen LogP contribution is 2.22. The highest BCUT2D eigenvalue weighted by Gasteiger charge is 2.06. The summed E-state index contributed by atoms with van der Waals surface area (Å²) in [5, 5.41) is 11.4. The van der Waals surface area contributed by atoms with Crippen LogP contribution in [-0.2, 0) is 6.54 Å². The molecule has 0 aliphatic rings. The minimum Gasteiger partial charge on any atom is -0.332 e. The summed E-state index contributed by atoms with van der Waals surface area (Å²) in [7, 11) is 0. The SMILES string of the molecule is Fc1ccc(Cn2cnc(NC(=S)Nc3cc(Cl)cc(Cl)c3)n2)cc1. The second kappa shape index (κ2) is 7.77. The summed E-state index contributed by atoms with van der Waals surface area (Å²) in [6, 6.07) is 11.2. The molecule has 128 valence electrons. The van der Waals surface area contributed by atoms with Crippen LogP contribution < -0.4 is 10.6 Å². The number of nitrogens with zero attached hydrogens (tertiary/aromatic N) is 3. The Morgan fingerprint density at radius 1 is 1.08 bits per heavy atom. The lowest BCUT2D eigenvalue weighted by atomic mass is 10.2. The fourth-order valence-electron chi connectivity index (χ4n) is 2.09. The Bertz CT molecular complexity index is 878. The smallest absolute Gasteiger partial charge is 0.248 e. The normalized spacial score (nSPS) is 10.5. The van der Waals surface area contributed by atoms with Crippen LogP contribution in [0, 0.1) is 5.82 Å². The fourth-order valence-corrected chi connectivity index (χ4v) is 2.83. The van der Waals surface area contributed by atoms with Crippen molar-refractivity contribution in [1.29, 1.82) is 0 Å². The average molecular weight is 396 g/mol. The molecular formula is C16H12Cl2FN5S. The predicted molar refractivity (Wildman–Crippen MR) is 102 cm³/mol. The van der Waals surface area contributed by atoms with Crippen LogP contribution in [0.25, 0.3) is 0 Å². The molecule has 0 fully saturated rings. The van der Waals surface area contributed by atoms with Gasteiger partial charge in [-0.2, -0.15) is 0 Å². The first kappa shape index (κ1) is 17.6. The molecular weight excluding hydrogens is 384 g/mol. The van der Waals surface area contributed by atoms with E-state index in [1.54, 1.807) is 41.3 Å². The van der Waals surface area contributed by atoms with Gasteiger partial charge in [-0.05, 0) is 48.1 Å². The third-order valence-electron chi connectivity index (χ3n) is 3.14. The molecule has 0 saturated carbocycles. The molecule has 0 spiro atoms. The maximum atomic E-state index is 12.9. The number of nitrogens with one attached hydrogen (secondary N) is 2. The van der Waals surface area contributed by atoms with Crippen molar-refractivity contribution in [2.75, 3.05) is 10.6 Å². The second-order valence-electron chi connectivity index (χ2n) is 5.13. The van der Waals surface area contributed by atoms with Crippen molar-refractivity contribution in [2.24, 2.45) is 0 Å². The van der Waals surface area contributed by atoms with Crippen molar-refractivity contribution < 1.29 is 4.39 Å². The summed E-state index contributed by atoms with van der Waals surface area (Å²) in [4.78, 5) is 4.13. The minimum absolute atomic E-state index is 0.276. The highest BCUT2D eigenvalue weighted by molar-refractivity contribution is 7.80. The van der Waals surface area contributed by atoms with Gasteiger partial charge in [0.1, 0.15) is 12.1 Å². The standard InChI is InChI=1S/C16H12Cl2FN5S/c17-11-5-12(18)7-14(6-11)21-16(25)22-15-20-9-24(23-15)8-10-1-3-13(19)4-2-10/h1-7,9H,8H2,(H2,21,22,23,25). The third kappa shape index (κ3) is 5.12. The number of thiocarbonyl (C=S) groups is 1. The van der Waals surface area contributed by atoms with E-state index in [1.165, 1.54) is 12.1 Å². The lowest BCUT2D eigenvalue weighted by molar-refractivity contribution is 0.624. The fraction of sp³-hybridized carbons (Fsp3) is 0.0625. The van der Waals surface area contributed by atoms with Gasteiger partial charge in [0, 0.05) is 15.7 Å². The summed E-state index contributed by atoms with van der Waals surface area (Å²) < 4.78 is 14.5. The summed E-state index contributed by atoms with van der Waals surface area (Å²) >= 11 is 17.1. The number of benzene rings is 2. The topological polar surface area (TPSA) is 54.8 Å². The van der Waals surface area contributed by atoms with E-state index < -0.39 is 0 Å². The van der Waals surface area contributed by atoms with Crippen LogP contribution in [0.15, 0.2) is 48.8 Å². The van der Waals surface area contributed by atoms with E-state index in [-0.39, 0.29) is 5.82 Å². The van der Waals surface area contributed by atoms with Crippen LogP contribution in [0.1, 0.15) is 5.56 Å². The average Bonchev–Trinajstić information content (AvgIpc) is 2.95. The van der Waals surface area contributed by atoms with Gasteiger partial charge in [0.15, 0.2) is 5.11 Å². The number of hydrogen-bond donors (Lipinski definition) is 2. The van der Waals surface area contributed by atoms with Crippen molar-refractivity contribution in [3.63, 3.8) is 0 Å². The minimum atomic E-state index is -0.276. The zero-order valence-electron chi connectivity index (χ0n) is 12.7. The summed E-state index contributed by atoms with van der Waals surface area (Å²) in [6.07, 6.45) is 1.56. The van der Waals surface area contributed by atoms with Gasteiger partial charge >= 0.3 is 0 Å². The van der Waals surface area contributed by atoms with E-state index in [2.05, 4.69) is 20.7 Å². The van der Waals surface area contributed by atoms with Crippen molar-refractivity contribution in [2.45, 2.75) is 6.54 Å². The maximum absolute atomic E-state index is 12.9. The molecule has 0 radical (unpaired) electrons. The molecule has 0 bridgehead atoms. The molecule has 0 unspecified atom stereocenters. The first-order chi connectivity index (χ1) is 12.0. The Kier molecular flexibility index (Phi) is 5.47. The highest BCUT2D eigenvalue weighted by atomic mass is 35.5. The molecule has 3 aromatic rings. The van der Waals surface area contributed by atoms with Crippen LogP contribution in [0.4, 0.5) is 16.0 Å². The van der Waals surface area contributed by atoms with Crippen molar-refractivity contribution in [3.8, 4) is 0 Å².